The van der Waals surface area contributed by atoms with Crippen molar-refractivity contribution >= 4 is 11.8 Å². The summed E-state index contributed by atoms with van der Waals surface area (Å²) in [4.78, 5) is 17.4. The van der Waals surface area contributed by atoms with E-state index < -0.39 is 17.5 Å². The van der Waals surface area contributed by atoms with Crippen molar-refractivity contribution in [2.75, 3.05) is 11.9 Å². The summed E-state index contributed by atoms with van der Waals surface area (Å²) in [7, 11) is 1.62. The number of carbonyl (C=O) groups is 1. The molecule has 0 aromatic carbocycles. The maximum Gasteiger partial charge on any atom is 0.414 e. The highest BCUT2D eigenvalue weighted by molar-refractivity contribution is 5.87. The maximum atomic E-state index is 13.3. The first kappa shape index (κ1) is 16.9. The molecule has 2 rings (SSSR count). The predicted octanol–water partition coefficient (Wildman–Crippen LogP) is 3.34. The number of hydrogen-bond donors (Lipinski definition) is 0. The number of rotatable bonds is 3. The molecule has 0 aliphatic rings. The topological polar surface area (TPSA) is 60.2 Å². The van der Waals surface area contributed by atoms with Gasteiger partial charge in [0.15, 0.2) is 0 Å². The summed E-state index contributed by atoms with van der Waals surface area (Å²) >= 11 is 0. The molecule has 2 aromatic rings. The van der Waals surface area contributed by atoms with Crippen molar-refractivity contribution in [2.45, 2.75) is 39.7 Å². The van der Waals surface area contributed by atoms with Crippen LogP contribution in [0, 0.1) is 5.82 Å². The molecule has 0 radical (unpaired) electrons. The summed E-state index contributed by atoms with van der Waals surface area (Å²) < 4.78 is 20.2. The lowest BCUT2D eigenvalue weighted by Gasteiger charge is -2.24. The molecule has 0 aliphatic carbocycles. The van der Waals surface area contributed by atoms with E-state index in [-0.39, 0.29) is 0 Å². The Morgan fingerprint density at radius 1 is 1.39 bits per heavy atom. The van der Waals surface area contributed by atoms with Gasteiger partial charge >= 0.3 is 6.09 Å². The number of nitrogens with zero attached hydrogens (tertiary/aromatic N) is 4. The van der Waals surface area contributed by atoms with Crippen molar-refractivity contribution in [3.05, 3.63) is 36.2 Å². The zero-order valence-electron chi connectivity index (χ0n) is 14.0. The Morgan fingerprint density at radius 2 is 2.09 bits per heavy atom. The molecule has 7 heteroatoms. The number of amides is 1. The third-order valence-corrected chi connectivity index (χ3v) is 3.09. The Labute approximate surface area is 134 Å². The molecule has 0 bridgehead atoms. The first-order chi connectivity index (χ1) is 10.7. The van der Waals surface area contributed by atoms with Crippen molar-refractivity contribution in [3.63, 3.8) is 0 Å². The van der Waals surface area contributed by atoms with Crippen LogP contribution >= 0.6 is 0 Å². The van der Waals surface area contributed by atoms with Crippen LogP contribution in [-0.2, 0) is 11.2 Å². The maximum absolute atomic E-state index is 13.3. The predicted molar refractivity (Wildman–Crippen MR) is 85.3 cm³/mol. The van der Waals surface area contributed by atoms with Crippen molar-refractivity contribution in [3.8, 4) is 5.69 Å². The van der Waals surface area contributed by atoms with Gasteiger partial charge in [0.25, 0.3) is 0 Å². The highest BCUT2D eigenvalue weighted by Crippen LogP contribution is 2.23. The lowest BCUT2D eigenvalue weighted by atomic mass is 10.2. The van der Waals surface area contributed by atoms with Crippen LogP contribution in [0.15, 0.2) is 24.7 Å². The van der Waals surface area contributed by atoms with E-state index in [0.29, 0.717) is 23.5 Å². The van der Waals surface area contributed by atoms with Crippen LogP contribution in [0.25, 0.3) is 5.69 Å². The smallest absolute Gasteiger partial charge is 0.414 e. The molecule has 0 fully saturated rings. The number of pyridine rings is 1. The van der Waals surface area contributed by atoms with Crippen LogP contribution in [0.5, 0.6) is 0 Å². The third-order valence-electron chi connectivity index (χ3n) is 3.09. The van der Waals surface area contributed by atoms with E-state index in [4.69, 9.17) is 4.74 Å². The van der Waals surface area contributed by atoms with E-state index in [1.54, 1.807) is 34.0 Å². The number of hydrogen-bond acceptors (Lipinski definition) is 4. The van der Waals surface area contributed by atoms with Gasteiger partial charge in [-0.3, -0.25) is 9.88 Å². The Balaban J connectivity index is 2.34. The van der Waals surface area contributed by atoms with E-state index in [1.807, 2.05) is 6.92 Å². The van der Waals surface area contributed by atoms with E-state index in [0.717, 1.165) is 6.20 Å². The minimum atomic E-state index is -0.583. The number of anilines is 1. The SMILES string of the molecule is CCc1nn(-c2cncc(F)c2)cc1N(C)C(=O)OC(C)(C)C. The van der Waals surface area contributed by atoms with Gasteiger partial charge < -0.3 is 4.74 Å². The van der Waals surface area contributed by atoms with E-state index in [1.165, 1.54) is 21.8 Å². The number of aromatic nitrogens is 3. The number of halogens is 1. The summed E-state index contributed by atoms with van der Waals surface area (Å²) in [6.45, 7) is 7.35. The summed E-state index contributed by atoms with van der Waals surface area (Å²) in [5.41, 5.74) is 1.23. The Hall–Kier alpha value is -2.44. The first-order valence-corrected chi connectivity index (χ1v) is 7.37. The lowest BCUT2D eigenvalue weighted by molar-refractivity contribution is 0.0589. The van der Waals surface area contributed by atoms with Gasteiger partial charge in [0.1, 0.15) is 11.4 Å². The van der Waals surface area contributed by atoms with Gasteiger partial charge in [-0.1, -0.05) is 6.92 Å². The molecule has 0 atom stereocenters. The fourth-order valence-corrected chi connectivity index (χ4v) is 2.02. The number of carbonyl (C=O) groups excluding carboxylic acids is 1. The minimum Gasteiger partial charge on any atom is -0.443 e. The first-order valence-electron chi connectivity index (χ1n) is 7.37. The fourth-order valence-electron chi connectivity index (χ4n) is 2.02. The zero-order chi connectivity index (χ0) is 17.2. The molecule has 0 saturated heterocycles. The minimum absolute atomic E-state index is 0.446. The van der Waals surface area contributed by atoms with Gasteiger partial charge in [-0.25, -0.2) is 13.9 Å². The second-order valence-corrected chi connectivity index (χ2v) is 6.16. The molecule has 2 aromatic heterocycles. The summed E-state index contributed by atoms with van der Waals surface area (Å²) in [6, 6.07) is 1.33. The molecule has 0 saturated carbocycles. The molecular weight excluding hydrogens is 299 g/mol. The second-order valence-electron chi connectivity index (χ2n) is 6.16. The summed E-state index contributed by atoms with van der Waals surface area (Å²) in [6.07, 6.45) is 4.45. The van der Waals surface area contributed by atoms with Gasteiger partial charge in [-0.05, 0) is 27.2 Å². The summed E-state index contributed by atoms with van der Waals surface area (Å²) in [5, 5.41) is 4.40. The molecule has 1 amide bonds. The average molecular weight is 320 g/mol. The molecule has 0 N–H and O–H groups in total. The molecule has 6 nitrogen and oxygen atoms in total. The quantitative estimate of drug-likeness (QED) is 0.870. The second kappa shape index (κ2) is 6.36. The van der Waals surface area contributed by atoms with Gasteiger partial charge in [0.2, 0.25) is 0 Å². The zero-order valence-corrected chi connectivity index (χ0v) is 14.0. The third kappa shape index (κ3) is 4.06. The Kier molecular flexibility index (Phi) is 4.68. The highest BCUT2D eigenvalue weighted by Gasteiger charge is 2.23. The van der Waals surface area contributed by atoms with Crippen LogP contribution in [-0.4, -0.2) is 33.5 Å². The molecular formula is C16H21FN4O2. The highest BCUT2D eigenvalue weighted by atomic mass is 19.1. The normalized spacial score (nSPS) is 11.4. The van der Waals surface area contributed by atoms with Crippen LogP contribution in [0.2, 0.25) is 0 Å². The number of ether oxygens (including phenoxy) is 1. The monoisotopic (exact) mass is 320 g/mol. The largest absolute Gasteiger partial charge is 0.443 e. The van der Waals surface area contributed by atoms with Gasteiger partial charge in [-0.2, -0.15) is 5.10 Å². The van der Waals surface area contributed by atoms with E-state index >= 15 is 0 Å². The van der Waals surface area contributed by atoms with E-state index in [9.17, 15) is 9.18 Å². The molecule has 124 valence electrons. The van der Waals surface area contributed by atoms with Crippen molar-refractivity contribution in [2.24, 2.45) is 0 Å². The van der Waals surface area contributed by atoms with E-state index in [2.05, 4.69) is 10.1 Å². The van der Waals surface area contributed by atoms with Gasteiger partial charge in [0, 0.05) is 13.1 Å². The molecule has 0 unspecified atom stereocenters. The number of aryl methyl sites for hydroxylation is 1. The van der Waals surface area contributed by atoms with Crippen LogP contribution in [0.1, 0.15) is 33.4 Å². The molecule has 2 heterocycles. The van der Waals surface area contributed by atoms with Crippen LogP contribution in [0.4, 0.5) is 14.9 Å². The van der Waals surface area contributed by atoms with Crippen LogP contribution < -0.4 is 4.90 Å². The Morgan fingerprint density at radius 3 is 2.65 bits per heavy atom. The average Bonchev–Trinajstić information content (AvgIpc) is 2.88. The van der Waals surface area contributed by atoms with Gasteiger partial charge in [-0.15, -0.1) is 0 Å². The summed E-state index contributed by atoms with van der Waals surface area (Å²) in [5.74, 6) is -0.446. The standard InChI is InChI=1S/C16H21FN4O2/c1-6-13-14(20(5)15(22)23-16(2,3)4)10-21(19-13)12-7-11(17)8-18-9-12/h7-10H,6H2,1-5H3. The van der Waals surface area contributed by atoms with Crippen LogP contribution in [0.3, 0.4) is 0 Å². The van der Waals surface area contributed by atoms with Crippen molar-refractivity contribution in [1.29, 1.82) is 0 Å². The Bertz CT molecular complexity index is 706. The molecule has 23 heavy (non-hydrogen) atoms. The van der Waals surface area contributed by atoms with Crippen molar-refractivity contribution < 1.29 is 13.9 Å². The van der Waals surface area contributed by atoms with Gasteiger partial charge in [0.05, 0.1) is 35.7 Å². The fraction of sp³-hybridized carbons (Fsp3) is 0.438. The molecule has 0 spiro atoms. The molecule has 0 aliphatic heterocycles. The lowest BCUT2D eigenvalue weighted by Crippen LogP contribution is -2.34. The van der Waals surface area contributed by atoms with Crippen molar-refractivity contribution in [1.82, 2.24) is 14.8 Å².